The van der Waals surface area contributed by atoms with Crippen molar-refractivity contribution in [2.45, 2.75) is 20.3 Å². The lowest BCUT2D eigenvalue weighted by Crippen LogP contribution is -2.54. The Kier molecular flexibility index (Phi) is 3.97. The molecule has 0 radical (unpaired) electrons. The van der Waals surface area contributed by atoms with Gasteiger partial charge in [0.15, 0.2) is 0 Å². The van der Waals surface area contributed by atoms with E-state index in [0.717, 1.165) is 16.8 Å². The second-order valence-electron chi connectivity index (χ2n) is 5.56. The topological polar surface area (TPSA) is 60.9 Å². The van der Waals surface area contributed by atoms with E-state index in [4.69, 9.17) is 5.11 Å². The predicted octanol–water partition coefficient (Wildman–Crippen LogP) is 2.27. The number of carbonyl (C=O) groups excluding carboxylic acids is 1. The first-order valence-corrected chi connectivity index (χ1v) is 6.69. The van der Waals surface area contributed by atoms with Crippen LogP contribution >= 0.6 is 0 Å². The average molecular weight is 276 g/mol. The van der Waals surface area contributed by atoms with E-state index in [9.17, 15) is 9.59 Å². The Balaban J connectivity index is 1.98. The number of benzene rings is 1. The van der Waals surface area contributed by atoms with Gasteiger partial charge < -0.3 is 10.0 Å². The number of aryl methyl sites for hydroxylation is 2. The number of carbonyl (C=O) groups is 2. The highest BCUT2D eigenvalue weighted by atomic mass is 16.4. The first-order valence-electron chi connectivity index (χ1n) is 6.69. The monoisotopic (exact) mass is 276 g/mol. The summed E-state index contributed by atoms with van der Waals surface area (Å²) in [6.45, 7) is 5.06. The summed E-state index contributed by atoms with van der Waals surface area (Å²) in [5.74, 6) is -0.714. The molecular weight excluding hydrogens is 256 g/mol. The first kappa shape index (κ1) is 14.4. The molecule has 0 unspecified atom stereocenters. The van der Waals surface area contributed by atoms with Gasteiger partial charge >= 0.3 is 12.0 Å². The second kappa shape index (κ2) is 5.53. The maximum atomic E-state index is 12.3. The largest absolute Gasteiger partial charge is 0.481 e. The van der Waals surface area contributed by atoms with Crippen LogP contribution in [0.15, 0.2) is 18.2 Å². The predicted molar refractivity (Wildman–Crippen MR) is 77.0 cm³/mol. The molecule has 5 nitrogen and oxygen atoms in total. The van der Waals surface area contributed by atoms with E-state index in [0.29, 0.717) is 13.1 Å². The highest BCUT2D eigenvalue weighted by Crippen LogP contribution is 2.24. The number of amides is 2. The highest BCUT2D eigenvalue weighted by Gasteiger charge is 2.33. The number of hydrogen-bond acceptors (Lipinski definition) is 2. The molecule has 1 aliphatic heterocycles. The maximum absolute atomic E-state index is 12.3. The Morgan fingerprint density at radius 1 is 1.25 bits per heavy atom. The quantitative estimate of drug-likeness (QED) is 0.921. The van der Waals surface area contributed by atoms with Crippen LogP contribution in [-0.2, 0) is 4.79 Å². The van der Waals surface area contributed by atoms with Crippen molar-refractivity contribution in [2.75, 3.05) is 25.0 Å². The summed E-state index contributed by atoms with van der Waals surface area (Å²) in [4.78, 5) is 26.2. The van der Waals surface area contributed by atoms with Gasteiger partial charge in [-0.15, -0.1) is 0 Å². The molecule has 0 bridgehead atoms. The molecule has 2 amide bonds. The van der Waals surface area contributed by atoms with Crippen LogP contribution in [0.1, 0.15) is 17.5 Å². The van der Waals surface area contributed by atoms with Crippen LogP contribution in [0.25, 0.3) is 0 Å². The number of likely N-dealkylation sites (tertiary alicyclic amines) is 1. The maximum Gasteiger partial charge on any atom is 0.324 e. The van der Waals surface area contributed by atoms with Crippen molar-refractivity contribution < 1.29 is 14.7 Å². The summed E-state index contributed by atoms with van der Waals surface area (Å²) < 4.78 is 0. The minimum absolute atomic E-state index is 0.0726. The normalized spacial score (nSPS) is 14.8. The third-order valence-corrected chi connectivity index (χ3v) is 3.57. The molecule has 5 heteroatoms. The van der Waals surface area contributed by atoms with Gasteiger partial charge in [0.2, 0.25) is 0 Å². The summed E-state index contributed by atoms with van der Waals surface area (Å²) in [7, 11) is 1.75. The summed E-state index contributed by atoms with van der Waals surface area (Å²) in [6, 6.07) is 5.93. The number of rotatable bonds is 3. The molecule has 0 aliphatic carbocycles. The number of hydrogen-bond donors (Lipinski definition) is 1. The molecule has 0 atom stereocenters. The zero-order valence-corrected chi connectivity index (χ0v) is 12.1. The van der Waals surface area contributed by atoms with Crippen molar-refractivity contribution in [2.24, 2.45) is 5.92 Å². The van der Waals surface area contributed by atoms with Gasteiger partial charge in [-0.1, -0.05) is 6.07 Å². The Morgan fingerprint density at radius 3 is 2.30 bits per heavy atom. The van der Waals surface area contributed by atoms with Crippen LogP contribution in [0, 0.1) is 19.8 Å². The van der Waals surface area contributed by atoms with Gasteiger partial charge in [0, 0.05) is 31.7 Å². The Bertz CT molecular complexity index is 516. The van der Waals surface area contributed by atoms with Crippen LogP contribution in [0.2, 0.25) is 0 Å². The van der Waals surface area contributed by atoms with Crippen LogP contribution in [-0.4, -0.2) is 42.1 Å². The van der Waals surface area contributed by atoms with Gasteiger partial charge in [0.05, 0.1) is 6.42 Å². The number of carboxylic acid groups (broad SMARTS) is 1. The molecule has 1 heterocycles. The van der Waals surface area contributed by atoms with E-state index in [1.165, 1.54) is 0 Å². The number of carboxylic acids is 1. The Hall–Kier alpha value is -2.04. The first-order chi connectivity index (χ1) is 9.36. The molecule has 20 heavy (non-hydrogen) atoms. The van der Waals surface area contributed by atoms with Crippen molar-refractivity contribution in [3.05, 3.63) is 29.3 Å². The molecule has 0 saturated carbocycles. The lowest BCUT2D eigenvalue weighted by atomic mass is 9.97. The van der Waals surface area contributed by atoms with Gasteiger partial charge in [0.25, 0.3) is 0 Å². The van der Waals surface area contributed by atoms with Crippen molar-refractivity contribution in [3.63, 3.8) is 0 Å². The fourth-order valence-electron chi connectivity index (χ4n) is 2.57. The van der Waals surface area contributed by atoms with Crippen molar-refractivity contribution in [1.29, 1.82) is 0 Å². The van der Waals surface area contributed by atoms with E-state index in [2.05, 4.69) is 6.07 Å². The smallest absolute Gasteiger partial charge is 0.324 e. The minimum atomic E-state index is -0.801. The van der Waals surface area contributed by atoms with Crippen LogP contribution < -0.4 is 4.90 Å². The molecule has 1 saturated heterocycles. The summed E-state index contributed by atoms with van der Waals surface area (Å²) in [5, 5.41) is 8.71. The highest BCUT2D eigenvalue weighted by molar-refractivity contribution is 5.92. The lowest BCUT2D eigenvalue weighted by Gasteiger charge is -2.40. The molecule has 1 aromatic carbocycles. The molecule has 0 aromatic heterocycles. The van der Waals surface area contributed by atoms with Gasteiger partial charge in [-0.05, 0) is 37.1 Å². The number of anilines is 1. The van der Waals surface area contributed by atoms with E-state index in [1.807, 2.05) is 26.0 Å². The van der Waals surface area contributed by atoms with Gasteiger partial charge in [-0.25, -0.2) is 4.79 Å². The van der Waals surface area contributed by atoms with Crippen LogP contribution in [0.5, 0.6) is 0 Å². The Morgan fingerprint density at radius 2 is 1.80 bits per heavy atom. The fourth-order valence-corrected chi connectivity index (χ4v) is 2.57. The molecule has 108 valence electrons. The molecule has 1 fully saturated rings. The molecule has 2 rings (SSSR count). The fraction of sp³-hybridized carbons (Fsp3) is 0.467. The lowest BCUT2D eigenvalue weighted by molar-refractivity contribution is -0.139. The Labute approximate surface area is 118 Å². The van der Waals surface area contributed by atoms with E-state index in [-0.39, 0.29) is 18.4 Å². The molecular formula is C15H20N2O3. The number of nitrogens with zero attached hydrogens (tertiary/aromatic N) is 2. The summed E-state index contributed by atoms with van der Waals surface area (Å²) in [5.41, 5.74) is 3.10. The zero-order chi connectivity index (χ0) is 14.9. The van der Waals surface area contributed by atoms with E-state index in [1.54, 1.807) is 16.8 Å². The van der Waals surface area contributed by atoms with E-state index >= 15 is 0 Å². The van der Waals surface area contributed by atoms with Crippen LogP contribution in [0.3, 0.4) is 0 Å². The van der Waals surface area contributed by atoms with Gasteiger partial charge in [-0.3, -0.25) is 9.69 Å². The molecule has 1 aromatic rings. The van der Waals surface area contributed by atoms with E-state index < -0.39 is 5.97 Å². The van der Waals surface area contributed by atoms with Crippen molar-refractivity contribution >= 4 is 17.7 Å². The molecule has 1 aliphatic rings. The number of aliphatic carboxylic acids is 1. The van der Waals surface area contributed by atoms with Crippen molar-refractivity contribution in [3.8, 4) is 0 Å². The molecule has 1 N–H and O–H groups in total. The number of urea groups is 1. The van der Waals surface area contributed by atoms with Crippen molar-refractivity contribution in [1.82, 2.24) is 4.90 Å². The summed E-state index contributed by atoms with van der Waals surface area (Å²) in [6.07, 6.45) is 0.136. The zero-order valence-electron chi connectivity index (χ0n) is 12.1. The summed E-state index contributed by atoms with van der Waals surface area (Å²) >= 11 is 0. The minimum Gasteiger partial charge on any atom is -0.481 e. The second-order valence-corrected chi connectivity index (χ2v) is 5.56. The third-order valence-electron chi connectivity index (χ3n) is 3.57. The average Bonchev–Trinajstić information content (AvgIpc) is 2.30. The van der Waals surface area contributed by atoms with Gasteiger partial charge in [-0.2, -0.15) is 0 Å². The van der Waals surface area contributed by atoms with Gasteiger partial charge in [0.1, 0.15) is 0 Å². The SMILES string of the molecule is Cc1cc(C)cc(N(C)C(=O)N2CC(CC(=O)O)C2)c1. The standard InChI is InChI=1S/C15H20N2O3/c1-10-4-11(2)6-13(5-10)16(3)15(20)17-8-12(9-17)7-14(18)19/h4-6,12H,7-9H2,1-3H3,(H,18,19). The molecule has 0 spiro atoms. The third kappa shape index (κ3) is 3.10. The van der Waals surface area contributed by atoms with Crippen LogP contribution in [0.4, 0.5) is 10.5 Å².